The fourth-order valence-corrected chi connectivity index (χ4v) is 3.45. The molecule has 2 aromatic carbocycles. The highest BCUT2D eigenvalue weighted by molar-refractivity contribution is 6.17. The van der Waals surface area contributed by atoms with E-state index in [1.165, 1.54) is 4.90 Å². The van der Waals surface area contributed by atoms with Crippen molar-refractivity contribution < 1.29 is 24.2 Å². The molecule has 2 aromatic rings. The van der Waals surface area contributed by atoms with Crippen molar-refractivity contribution in [3.8, 4) is 0 Å². The summed E-state index contributed by atoms with van der Waals surface area (Å²) in [4.78, 5) is 39.6. The topological polar surface area (TPSA) is 83.9 Å². The summed E-state index contributed by atoms with van der Waals surface area (Å²) in [6, 6.07) is 14.7. The third-order valence-electron chi connectivity index (χ3n) is 4.91. The van der Waals surface area contributed by atoms with Gasteiger partial charge >= 0.3 is 5.97 Å². The number of Topliss-reactive ketones (excluding diaryl/α,β-unsaturated/α-hetero) is 1. The van der Waals surface area contributed by atoms with Gasteiger partial charge in [0.15, 0.2) is 11.5 Å². The number of esters is 1. The Hall–Kier alpha value is -3.41. The minimum atomic E-state index is -0.782. The first-order chi connectivity index (χ1) is 14.4. The van der Waals surface area contributed by atoms with Crippen LogP contribution < -0.4 is 4.90 Å². The molecular formula is C24H25NO5. The number of anilines is 1. The van der Waals surface area contributed by atoms with Gasteiger partial charge in [0.25, 0.3) is 5.91 Å². The molecule has 0 saturated carbocycles. The van der Waals surface area contributed by atoms with Crippen LogP contribution in [-0.4, -0.2) is 29.4 Å². The number of carbonyl (C=O) groups excluding carboxylic acids is 3. The fraction of sp³-hybridized carbons (Fsp3) is 0.292. The summed E-state index contributed by atoms with van der Waals surface area (Å²) in [6.45, 7) is 5.65. The number of aliphatic hydroxyl groups excluding tert-OH is 1. The van der Waals surface area contributed by atoms with Crippen LogP contribution in [0.3, 0.4) is 0 Å². The average Bonchev–Trinajstić information content (AvgIpc) is 3.02. The second kappa shape index (κ2) is 8.95. The summed E-state index contributed by atoms with van der Waals surface area (Å²) in [5.41, 5.74) is 1.46. The van der Waals surface area contributed by atoms with Crippen LogP contribution in [0.15, 0.2) is 65.9 Å². The highest BCUT2D eigenvalue weighted by atomic mass is 16.5. The van der Waals surface area contributed by atoms with Crippen LogP contribution in [0.25, 0.3) is 0 Å². The molecule has 6 nitrogen and oxygen atoms in total. The van der Waals surface area contributed by atoms with Gasteiger partial charge in [-0.3, -0.25) is 14.5 Å². The first-order valence-corrected chi connectivity index (χ1v) is 9.99. The second-order valence-electron chi connectivity index (χ2n) is 7.46. The van der Waals surface area contributed by atoms with Gasteiger partial charge < -0.3 is 9.84 Å². The van der Waals surface area contributed by atoms with E-state index in [0.717, 1.165) is 0 Å². The Balaban J connectivity index is 2.09. The van der Waals surface area contributed by atoms with Crippen molar-refractivity contribution in [1.82, 2.24) is 0 Å². The van der Waals surface area contributed by atoms with Crippen molar-refractivity contribution in [3.63, 3.8) is 0 Å². The molecule has 0 aliphatic carbocycles. The molecule has 0 radical (unpaired) electrons. The van der Waals surface area contributed by atoms with E-state index >= 15 is 0 Å². The molecule has 6 heteroatoms. The number of hydrogen-bond donors (Lipinski definition) is 1. The van der Waals surface area contributed by atoms with Crippen LogP contribution in [0, 0.1) is 5.92 Å². The predicted molar refractivity (Wildman–Crippen MR) is 113 cm³/mol. The van der Waals surface area contributed by atoms with Crippen LogP contribution in [0.5, 0.6) is 0 Å². The van der Waals surface area contributed by atoms with Gasteiger partial charge in [0.1, 0.15) is 0 Å². The van der Waals surface area contributed by atoms with Gasteiger partial charge in [-0.2, -0.15) is 0 Å². The van der Waals surface area contributed by atoms with Crippen LogP contribution in [0.1, 0.15) is 49.2 Å². The summed E-state index contributed by atoms with van der Waals surface area (Å²) in [5.74, 6) is -2.40. The Labute approximate surface area is 175 Å². The smallest absolute Gasteiger partial charge is 0.338 e. The summed E-state index contributed by atoms with van der Waals surface area (Å²) in [7, 11) is 0. The quantitative estimate of drug-likeness (QED) is 0.689. The third-order valence-corrected chi connectivity index (χ3v) is 4.91. The van der Waals surface area contributed by atoms with E-state index in [-0.39, 0.29) is 11.4 Å². The zero-order valence-corrected chi connectivity index (χ0v) is 17.3. The molecular weight excluding hydrogens is 382 g/mol. The third kappa shape index (κ3) is 3.99. The Bertz CT molecular complexity index is 994. The summed E-state index contributed by atoms with van der Waals surface area (Å²) in [5, 5.41) is 10.6. The monoisotopic (exact) mass is 407 g/mol. The van der Waals surface area contributed by atoms with Crippen LogP contribution >= 0.6 is 0 Å². The molecule has 1 aliphatic heterocycles. The first-order valence-electron chi connectivity index (χ1n) is 9.99. The highest BCUT2D eigenvalue weighted by Gasteiger charge is 2.44. The Kier molecular flexibility index (Phi) is 6.35. The molecule has 1 unspecified atom stereocenters. The number of ether oxygens (including phenoxy) is 1. The van der Waals surface area contributed by atoms with Gasteiger partial charge in [-0.05, 0) is 30.2 Å². The first kappa shape index (κ1) is 21.3. The maximum atomic E-state index is 13.0. The van der Waals surface area contributed by atoms with Crippen molar-refractivity contribution in [2.45, 2.75) is 33.2 Å². The molecule has 1 amide bonds. The van der Waals surface area contributed by atoms with Crippen LogP contribution in [-0.2, 0) is 14.3 Å². The maximum absolute atomic E-state index is 13.0. The van der Waals surface area contributed by atoms with Crippen molar-refractivity contribution >= 4 is 23.3 Å². The second-order valence-corrected chi connectivity index (χ2v) is 7.46. The summed E-state index contributed by atoms with van der Waals surface area (Å²) >= 11 is 0. The zero-order chi connectivity index (χ0) is 21.8. The predicted octanol–water partition coefficient (Wildman–Crippen LogP) is 4.38. The number of carbonyl (C=O) groups is 3. The number of rotatable bonds is 7. The van der Waals surface area contributed by atoms with Gasteiger partial charge in [-0.1, -0.05) is 57.2 Å². The van der Waals surface area contributed by atoms with E-state index in [9.17, 15) is 19.5 Å². The molecule has 0 saturated heterocycles. The van der Waals surface area contributed by atoms with E-state index in [4.69, 9.17) is 4.74 Å². The summed E-state index contributed by atoms with van der Waals surface area (Å²) in [6.07, 6.45) is 0.699. The van der Waals surface area contributed by atoms with Crippen molar-refractivity contribution in [2.75, 3.05) is 11.5 Å². The molecule has 1 heterocycles. The van der Waals surface area contributed by atoms with Crippen molar-refractivity contribution in [1.29, 1.82) is 0 Å². The van der Waals surface area contributed by atoms with E-state index in [1.807, 2.05) is 25.1 Å². The number of ketones is 1. The van der Waals surface area contributed by atoms with Crippen LogP contribution in [0.2, 0.25) is 0 Å². The van der Waals surface area contributed by atoms with Gasteiger partial charge in [0.05, 0.1) is 23.8 Å². The molecule has 0 fully saturated rings. The van der Waals surface area contributed by atoms with Crippen molar-refractivity contribution in [3.05, 3.63) is 77.1 Å². The van der Waals surface area contributed by atoms with Crippen LogP contribution in [0.4, 0.5) is 5.69 Å². The lowest BCUT2D eigenvalue weighted by Gasteiger charge is -2.27. The van der Waals surface area contributed by atoms with E-state index in [2.05, 4.69) is 0 Å². The molecule has 156 valence electrons. The van der Waals surface area contributed by atoms with Gasteiger partial charge in [-0.25, -0.2) is 4.79 Å². The Morgan fingerprint density at radius 3 is 2.43 bits per heavy atom. The lowest BCUT2D eigenvalue weighted by atomic mass is 9.91. The number of aliphatic hydroxyl groups is 1. The normalized spacial score (nSPS) is 16.3. The van der Waals surface area contributed by atoms with Crippen molar-refractivity contribution in [2.24, 2.45) is 5.92 Å². The van der Waals surface area contributed by atoms with Gasteiger partial charge in [0, 0.05) is 11.6 Å². The highest BCUT2D eigenvalue weighted by Crippen LogP contribution is 2.41. The number of nitrogens with zero attached hydrogens (tertiary/aromatic N) is 1. The summed E-state index contributed by atoms with van der Waals surface area (Å²) < 4.78 is 5.19. The van der Waals surface area contributed by atoms with Gasteiger partial charge in [0.2, 0.25) is 0 Å². The number of hydrogen-bond acceptors (Lipinski definition) is 5. The maximum Gasteiger partial charge on any atom is 0.338 e. The number of amides is 1. The fourth-order valence-electron chi connectivity index (χ4n) is 3.45. The average molecular weight is 407 g/mol. The zero-order valence-electron chi connectivity index (χ0n) is 17.3. The molecule has 1 aliphatic rings. The van der Waals surface area contributed by atoms with E-state index in [1.54, 1.807) is 50.2 Å². The molecule has 30 heavy (non-hydrogen) atoms. The molecule has 0 aromatic heterocycles. The minimum absolute atomic E-state index is 0.0696. The molecule has 1 N–H and O–H groups in total. The lowest BCUT2D eigenvalue weighted by molar-refractivity contribution is -0.119. The SMILES string of the molecule is CCCOC(=O)c1cccc(N2C(=O)C(O)=C(C(=O)C(C)C)C2c2ccccc2)c1. The minimum Gasteiger partial charge on any atom is -0.503 e. The Morgan fingerprint density at radius 1 is 1.10 bits per heavy atom. The Morgan fingerprint density at radius 2 is 1.80 bits per heavy atom. The number of benzene rings is 2. The largest absolute Gasteiger partial charge is 0.503 e. The van der Waals surface area contributed by atoms with E-state index < -0.39 is 29.6 Å². The van der Waals surface area contributed by atoms with Gasteiger partial charge in [-0.15, -0.1) is 0 Å². The van der Waals surface area contributed by atoms with E-state index in [0.29, 0.717) is 29.8 Å². The molecule has 0 bridgehead atoms. The lowest BCUT2D eigenvalue weighted by Crippen LogP contribution is -2.31. The molecule has 1 atom stereocenters. The molecule has 0 spiro atoms. The standard InChI is InChI=1S/C24H25NO5/c1-4-13-30-24(29)17-11-8-12-18(14-17)25-20(16-9-6-5-7-10-16)19(21(26)15(2)3)22(27)23(25)28/h5-12,14-15,20,27H,4,13H2,1-3H3. The molecule has 3 rings (SSSR count).